The zero-order chi connectivity index (χ0) is 22.5. The Morgan fingerprint density at radius 2 is 1.94 bits per heavy atom. The summed E-state index contributed by atoms with van der Waals surface area (Å²) in [6.45, 7) is 0.429. The molecule has 8 heteroatoms. The largest absolute Gasteiger partial charge is 0.493 e. The van der Waals surface area contributed by atoms with Crippen molar-refractivity contribution in [3.63, 3.8) is 0 Å². The van der Waals surface area contributed by atoms with Gasteiger partial charge in [-0.1, -0.05) is 12.1 Å². The molecule has 3 aromatic rings. The summed E-state index contributed by atoms with van der Waals surface area (Å²) in [7, 11) is 1.52. The number of rotatable bonds is 10. The van der Waals surface area contributed by atoms with Crippen LogP contribution in [0.25, 0.3) is 5.69 Å². The second-order valence-corrected chi connectivity index (χ2v) is 7.68. The molecular formula is C24H25FN2O5. The number of aromatic nitrogens is 2. The van der Waals surface area contributed by atoms with Gasteiger partial charge >= 0.3 is 5.56 Å². The van der Waals surface area contributed by atoms with E-state index in [1.54, 1.807) is 36.5 Å². The molecule has 0 aliphatic heterocycles. The third kappa shape index (κ3) is 5.26. The highest BCUT2D eigenvalue weighted by molar-refractivity contribution is 5.49. The molecule has 4 rings (SSSR count). The molecule has 1 N–H and O–H groups in total. The molecular weight excluding hydrogens is 415 g/mol. The summed E-state index contributed by atoms with van der Waals surface area (Å²) >= 11 is 0. The summed E-state index contributed by atoms with van der Waals surface area (Å²) < 4.78 is 31.1. The Balaban J connectivity index is 1.45. The van der Waals surface area contributed by atoms with E-state index in [4.69, 9.17) is 14.2 Å². The fourth-order valence-corrected chi connectivity index (χ4v) is 3.33. The Morgan fingerprint density at radius 3 is 2.66 bits per heavy atom. The minimum atomic E-state index is -0.489. The van der Waals surface area contributed by atoms with E-state index >= 15 is 0 Å². The van der Waals surface area contributed by atoms with Crippen molar-refractivity contribution >= 4 is 0 Å². The van der Waals surface area contributed by atoms with Crippen LogP contribution in [0.3, 0.4) is 0 Å². The van der Waals surface area contributed by atoms with E-state index in [1.165, 1.54) is 30.0 Å². The molecule has 168 valence electrons. The van der Waals surface area contributed by atoms with Crippen LogP contribution in [0, 0.1) is 11.7 Å². The van der Waals surface area contributed by atoms with Crippen LogP contribution in [0.5, 0.6) is 17.4 Å². The van der Waals surface area contributed by atoms with Crippen molar-refractivity contribution in [1.29, 1.82) is 0 Å². The van der Waals surface area contributed by atoms with Crippen molar-refractivity contribution in [1.82, 2.24) is 9.55 Å². The summed E-state index contributed by atoms with van der Waals surface area (Å²) in [6.07, 6.45) is 5.11. The van der Waals surface area contributed by atoms with E-state index in [1.807, 2.05) is 0 Å². The van der Waals surface area contributed by atoms with Gasteiger partial charge in [0.1, 0.15) is 12.4 Å². The molecule has 1 aliphatic rings. The minimum absolute atomic E-state index is 0.0264. The SMILES string of the molecule is COc1cc(-n2ccnc(OCCc3ccc(F)cc3)c2=O)ccc1OCC(O)C1CC1. The molecule has 1 unspecified atom stereocenters. The van der Waals surface area contributed by atoms with Crippen LogP contribution in [0.1, 0.15) is 18.4 Å². The Bertz CT molecular complexity index is 1110. The normalized spacial score (nSPS) is 14.1. The Morgan fingerprint density at radius 1 is 1.16 bits per heavy atom. The van der Waals surface area contributed by atoms with Gasteiger partial charge in [0, 0.05) is 24.9 Å². The topological polar surface area (TPSA) is 82.8 Å². The number of benzene rings is 2. The average Bonchev–Trinajstić information content (AvgIpc) is 3.65. The van der Waals surface area contributed by atoms with Gasteiger partial charge in [-0.15, -0.1) is 0 Å². The second kappa shape index (κ2) is 9.82. The molecule has 1 aliphatic carbocycles. The predicted octanol–water partition coefficient (Wildman–Crippen LogP) is 3.15. The Kier molecular flexibility index (Phi) is 6.70. The zero-order valence-electron chi connectivity index (χ0n) is 17.7. The van der Waals surface area contributed by atoms with Gasteiger partial charge in [-0.2, -0.15) is 0 Å². The van der Waals surface area contributed by atoms with E-state index in [0.29, 0.717) is 29.5 Å². The maximum absolute atomic E-state index is 13.0. The molecule has 0 radical (unpaired) electrons. The van der Waals surface area contributed by atoms with Crippen LogP contribution in [0.2, 0.25) is 0 Å². The lowest BCUT2D eigenvalue weighted by Gasteiger charge is -2.15. The molecule has 2 aromatic carbocycles. The molecule has 0 spiro atoms. The van der Waals surface area contributed by atoms with E-state index < -0.39 is 11.7 Å². The molecule has 1 heterocycles. The van der Waals surface area contributed by atoms with E-state index in [2.05, 4.69) is 4.98 Å². The fourth-order valence-electron chi connectivity index (χ4n) is 3.33. The highest BCUT2D eigenvalue weighted by Crippen LogP contribution is 2.34. The number of aliphatic hydroxyl groups is 1. The first-order valence-corrected chi connectivity index (χ1v) is 10.5. The Hall–Kier alpha value is -3.39. The monoisotopic (exact) mass is 440 g/mol. The molecule has 1 atom stereocenters. The highest BCUT2D eigenvalue weighted by Gasteiger charge is 2.30. The van der Waals surface area contributed by atoms with Crippen molar-refractivity contribution < 1.29 is 23.7 Å². The molecule has 1 fully saturated rings. The molecule has 1 saturated carbocycles. The molecule has 0 bridgehead atoms. The number of nitrogens with zero attached hydrogens (tertiary/aromatic N) is 2. The smallest absolute Gasteiger partial charge is 0.317 e. The van der Waals surface area contributed by atoms with Crippen molar-refractivity contribution in [3.8, 4) is 23.1 Å². The molecule has 0 amide bonds. The van der Waals surface area contributed by atoms with Gasteiger partial charge in [0.25, 0.3) is 5.88 Å². The lowest BCUT2D eigenvalue weighted by Crippen LogP contribution is -2.22. The van der Waals surface area contributed by atoms with Crippen LogP contribution in [0.4, 0.5) is 4.39 Å². The van der Waals surface area contributed by atoms with E-state index in [-0.39, 0.29) is 24.9 Å². The van der Waals surface area contributed by atoms with Crippen LogP contribution in [-0.2, 0) is 6.42 Å². The quantitative estimate of drug-likeness (QED) is 0.522. The van der Waals surface area contributed by atoms with E-state index in [0.717, 1.165) is 18.4 Å². The lowest BCUT2D eigenvalue weighted by molar-refractivity contribution is 0.0880. The second-order valence-electron chi connectivity index (χ2n) is 7.68. The van der Waals surface area contributed by atoms with Crippen molar-refractivity contribution in [3.05, 3.63) is 76.6 Å². The van der Waals surface area contributed by atoms with Gasteiger partial charge < -0.3 is 19.3 Å². The zero-order valence-corrected chi connectivity index (χ0v) is 17.7. The number of ether oxygens (including phenoxy) is 3. The Labute approximate surface area is 185 Å². The molecule has 1 aromatic heterocycles. The van der Waals surface area contributed by atoms with Gasteiger partial charge in [0.15, 0.2) is 11.5 Å². The first-order valence-electron chi connectivity index (χ1n) is 10.5. The average molecular weight is 440 g/mol. The van der Waals surface area contributed by atoms with Gasteiger partial charge in [-0.3, -0.25) is 9.36 Å². The number of aliphatic hydroxyl groups excluding tert-OH is 1. The van der Waals surface area contributed by atoms with Gasteiger partial charge in [-0.25, -0.2) is 9.37 Å². The first-order chi connectivity index (χ1) is 15.5. The number of halogens is 1. The maximum Gasteiger partial charge on any atom is 0.317 e. The van der Waals surface area contributed by atoms with Crippen LogP contribution < -0.4 is 19.8 Å². The van der Waals surface area contributed by atoms with Gasteiger partial charge in [0.2, 0.25) is 0 Å². The number of hydrogen-bond acceptors (Lipinski definition) is 6. The maximum atomic E-state index is 13.0. The third-order valence-corrected chi connectivity index (χ3v) is 5.35. The van der Waals surface area contributed by atoms with Crippen LogP contribution in [-0.4, -0.2) is 41.1 Å². The fraction of sp³-hybridized carbons (Fsp3) is 0.333. The predicted molar refractivity (Wildman–Crippen MR) is 116 cm³/mol. The third-order valence-electron chi connectivity index (χ3n) is 5.35. The van der Waals surface area contributed by atoms with Crippen molar-refractivity contribution in [2.24, 2.45) is 5.92 Å². The van der Waals surface area contributed by atoms with Gasteiger partial charge in [0.05, 0.1) is 25.5 Å². The minimum Gasteiger partial charge on any atom is -0.493 e. The number of methoxy groups -OCH3 is 1. The molecule has 7 nitrogen and oxygen atoms in total. The number of hydrogen-bond donors (Lipinski definition) is 1. The summed E-state index contributed by atoms with van der Waals surface area (Å²) in [5.41, 5.74) is 1.05. The standard InChI is InChI=1S/C24H25FN2O5/c1-30-22-14-19(8-9-21(22)32-15-20(28)17-4-5-17)27-12-11-26-23(24(27)29)31-13-10-16-2-6-18(25)7-3-16/h2-3,6-9,11-12,14,17,20,28H,4-5,10,13,15H2,1H3. The van der Waals surface area contributed by atoms with Crippen molar-refractivity contribution in [2.75, 3.05) is 20.3 Å². The van der Waals surface area contributed by atoms with Gasteiger partial charge in [-0.05, 0) is 48.6 Å². The highest BCUT2D eigenvalue weighted by atomic mass is 19.1. The first kappa shape index (κ1) is 21.8. The van der Waals surface area contributed by atoms with Crippen molar-refractivity contribution in [2.45, 2.75) is 25.4 Å². The van der Waals surface area contributed by atoms with E-state index in [9.17, 15) is 14.3 Å². The molecule has 0 saturated heterocycles. The summed E-state index contributed by atoms with van der Waals surface area (Å²) in [6, 6.07) is 11.2. The van der Waals surface area contributed by atoms with Crippen LogP contribution >= 0.6 is 0 Å². The lowest BCUT2D eigenvalue weighted by atomic mass is 10.2. The summed E-state index contributed by atoms with van der Waals surface area (Å²) in [5, 5.41) is 10.0. The molecule has 32 heavy (non-hydrogen) atoms. The summed E-state index contributed by atoms with van der Waals surface area (Å²) in [4.78, 5) is 16.9. The van der Waals surface area contributed by atoms with Crippen LogP contribution in [0.15, 0.2) is 59.7 Å². The summed E-state index contributed by atoms with van der Waals surface area (Å²) in [5.74, 6) is 0.939.